The Kier molecular flexibility index (Phi) is 6.63. The van der Waals surface area contributed by atoms with E-state index in [0.717, 1.165) is 11.3 Å². The molecule has 0 spiro atoms. The highest BCUT2D eigenvalue weighted by Crippen LogP contribution is 2.28. The van der Waals surface area contributed by atoms with Crippen molar-refractivity contribution >= 4 is 50.5 Å². The van der Waals surface area contributed by atoms with Crippen LogP contribution in [0.1, 0.15) is 24.2 Å². The average molecular weight is 417 g/mol. The Morgan fingerprint density at radius 3 is 2.54 bits per heavy atom. The van der Waals surface area contributed by atoms with E-state index in [1.165, 1.54) is 31.2 Å². The molecule has 0 aliphatic carbocycles. The van der Waals surface area contributed by atoms with Gasteiger partial charge in [-0.25, -0.2) is 13.2 Å². The second-order valence-electron chi connectivity index (χ2n) is 5.15. The first-order valence-electron chi connectivity index (χ1n) is 7.60. The summed E-state index contributed by atoms with van der Waals surface area (Å²) in [5.74, 6) is -1.25. The van der Waals surface area contributed by atoms with E-state index in [-0.39, 0.29) is 15.5 Å². The van der Waals surface area contributed by atoms with Gasteiger partial charge in [0.1, 0.15) is 4.21 Å². The fourth-order valence-electron chi connectivity index (χ4n) is 1.98. The van der Waals surface area contributed by atoms with Crippen LogP contribution in [-0.4, -0.2) is 32.9 Å². The minimum atomic E-state index is -3.90. The summed E-state index contributed by atoms with van der Waals surface area (Å²) in [4.78, 5) is 24.1. The molecule has 2 N–H and O–H groups in total. The molecule has 1 amide bonds. The van der Waals surface area contributed by atoms with Gasteiger partial charge < -0.3 is 10.1 Å². The monoisotopic (exact) mass is 416 g/mol. The number of hydrogen-bond acceptors (Lipinski definition) is 6. The molecule has 0 saturated carbocycles. The van der Waals surface area contributed by atoms with Crippen LogP contribution in [0, 0.1) is 0 Å². The van der Waals surface area contributed by atoms with E-state index in [1.807, 2.05) is 0 Å². The Labute approximate surface area is 160 Å². The number of anilines is 1. The minimum Gasteiger partial charge on any atom is -0.449 e. The SMILES string of the molecule is CCNC(=O)[C@H](C)OC(=O)c1ccccc1NS(=O)(=O)c1ccc(Cl)s1. The van der Waals surface area contributed by atoms with E-state index >= 15 is 0 Å². The Bertz CT molecular complexity index is 911. The summed E-state index contributed by atoms with van der Waals surface area (Å²) in [6.45, 7) is 3.58. The fourth-order valence-corrected chi connectivity index (χ4v) is 4.55. The van der Waals surface area contributed by atoms with Crippen molar-refractivity contribution < 1.29 is 22.7 Å². The van der Waals surface area contributed by atoms with E-state index in [2.05, 4.69) is 10.0 Å². The summed E-state index contributed by atoms with van der Waals surface area (Å²) >= 11 is 6.67. The van der Waals surface area contributed by atoms with Crippen LogP contribution in [0.15, 0.2) is 40.6 Å². The first-order valence-corrected chi connectivity index (χ1v) is 10.3. The minimum absolute atomic E-state index is 0.00474. The van der Waals surface area contributed by atoms with Crippen LogP contribution < -0.4 is 10.0 Å². The molecule has 140 valence electrons. The van der Waals surface area contributed by atoms with Crippen LogP contribution in [0.3, 0.4) is 0 Å². The smallest absolute Gasteiger partial charge is 0.341 e. The topological polar surface area (TPSA) is 102 Å². The molecule has 0 bridgehead atoms. The normalized spacial score (nSPS) is 12.3. The second-order valence-corrected chi connectivity index (χ2v) is 8.78. The zero-order valence-corrected chi connectivity index (χ0v) is 16.4. The third-order valence-electron chi connectivity index (χ3n) is 3.21. The highest BCUT2D eigenvalue weighted by Gasteiger charge is 2.23. The molecule has 0 unspecified atom stereocenters. The maximum atomic E-state index is 12.4. The predicted octanol–water partition coefficient (Wildman–Crippen LogP) is 2.88. The van der Waals surface area contributed by atoms with Gasteiger partial charge in [0.2, 0.25) is 0 Å². The van der Waals surface area contributed by atoms with E-state index in [1.54, 1.807) is 19.1 Å². The quantitative estimate of drug-likeness (QED) is 0.676. The summed E-state index contributed by atoms with van der Waals surface area (Å²) < 4.78 is 32.7. The molecule has 0 saturated heterocycles. The van der Waals surface area contributed by atoms with Crippen molar-refractivity contribution in [3.63, 3.8) is 0 Å². The number of carbonyl (C=O) groups excluding carboxylic acids is 2. The summed E-state index contributed by atoms with van der Waals surface area (Å²) in [5, 5.41) is 2.54. The first kappa shape index (κ1) is 20.2. The summed E-state index contributed by atoms with van der Waals surface area (Å²) in [6.07, 6.45) is -1.01. The number of halogens is 1. The highest BCUT2D eigenvalue weighted by molar-refractivity contribution is 7.94. The molecule has 26 heavy (non-hydrogen) atoms. The number of nitrogens with one attached hydrogen (secondary N) is 2. The molecule has 10 heteroatoms. The first-order chi connectivity index (χ1) is 12.2. The number of sulfonamides is 1. The van der Waals surface area contributed by atoms with Crippen LogP contribution >= 0.6 is 22.9 Å². The number of esters is 1. The zero-order chi connectivity index (χ0) is 19.3. The van der Waals surface area contributed by atoms with Crippen molar-refractivity contribution in [1.29, 1.82) is 0 Å². The van der Waals surface area contributed by atoms with Gasteiger partial charge in [-0.1, -0.05) is 23.7 Å². The van der Waals surface area contributed by atoms with E-state index in [4.69, 9.17) is 16.3 Å². The maximum Gasteiger partial charge on any atom is 0.341 e. The van der Waals surface area contributed by atoms with Crippen molar-refractivity contribution in [1.82, 2.24) is 5.32 Å². The molecule has 0 aliphatic rings. The number of benzene rings is 1. The van der Waals surface area contributed by atoms with Gasteiger partial charge in [0.25, 0.3) is 15.9 Å². The maximum absolute atomic E-state index is 12.4. The number of likely N-dealkylation sites (N-methyl/N-ethyl adjacent to an activating group) is 1. The number of hydrogen-bond donors (Lipinski definition) is 2. The number of carbonyl (C=O) groups is 2. The molecular formula is C16H17ClN2O5S2. The van der Waals surface area contributed by atoms with Crippen molar-refractivity contribution in [2.75, 3.05) is 11.3 Å². The van der Waals surface area contributed by atoms with Gasteiger partial charge in [-0.05, 0) is 38.1 Å². The number of thiophene rings is 1. The zero-order valence-electron chi connectivity index (χ0n) is 14.0. The van der Waals surface area contributed by atoms with Gasteiger partial charge in [-0.15, -0.1) is 11.3 Å². The average Bonchev–Trinajstić information content (AvgIpc) is 3.02. The standard InChI is InChI=1S/C16H17ClN2O5S2/c1-3-18-15(20)10(2)24-16(21)11-6-4-5-7-12(11)19-26(22,23)14-9-8-13(17)25-14/h4-10,19H,3H2,1-2H3,(H,18,20)/t10-/m0/s1. The summed E-state index contributed by atoms with van der Waals surface area (Å²) in [7, 11) is -3.90. The van der Waals surface area contributed by atoms with E-state index < -0.39 is 28.0 Å². The predicted molar refractivity (Wildman–Crippen MR) is 100 cm³/mol. The Morgan fingerprint density at radius 1 is 1.23 bits per heavy atom. The van der Waals surface area contributed by atoms with E-state index in [9.17, 15) is 18.0 Å². The van der Waals surface area contributed by atoms with Crippen LogP contribution in [0.4, 0.5) is 5.69 Å². The molecule has 2 rings (SSSR count). The molecule has 1 aromatic carbocycles. The third-order valence-corrected chi connectivity index (χ3v) is 6.30. The lowest BCUT2D eigenvalue weighted by Gasteiger charge is -2.15. The van der Waals surface area contributed by atoms with E-state index in [0.29, 0.717) is 10.9 Å². The lowest BCUT2D eigenvalue weighted by atomic mass is 10.2. The van der Waals surface area contributed by atoms with Crippen molar-refractivity contribution in [3.8, 4) is 0 Å². The second kappa shape index (κ2) is 8.52. The number of amides is 1. The largest absolute Gasteiger partial charge is 0.449 e. The summed E-state index contributed by atoms with van der Waals surface area (Å²) in [6, 6.07) is 8.81. The van der Waals surface area contributed by atoms with Crippen LogP contribution in [0.2, 0.25) is 4.34 Å². The number of ether oxygens (including phenoxy) is 1. The molecular weight excluding hydrogens is 400 g/mol. The Balaban J connectivity index is 2.22. The van der Waals surface area contributed by atoms with Crippen molar-refractivity contribution in [2.24, 2.45) is 0 Å². The van der Waals surface area contributed by atoms with Crippen LogP contribution in [0.25, 0.3) is 0 Å². The molecule has 2 aromatic rings. The lowest BCUT2D eigenvalue weighted by molar-refractivity contribution is -0.128. The molecule has 0 fully saturated rings. The third kappa shape index (κ3) is 4.96. The molecule has 1 aromatic heterocycles. The Morgan fingerprint density at radius 2 is 1.92 bits per heavy atom. The van der Waals surface area contributed by atoms with Crippen molar-refractivity contribution in [2.45, 2.75) is 24.2 Å². The summed E-state index contributed by atoms with van der Waals surface area (Å²) in [5.41, 5.74) is 0.0417. The van der Waals surface area contributed by atoms with Crippen LogP contribution in [-0.2, 0) is 19.6 Å². The fraction of sp³-hybridized carbons (Fsp3) is 0.250. The van der Waals surface area contributed by atoms with Gasteiger partial charge in [-0.3, -0.25) is 9.52 Å². The van der Waals surface area contributed by atoms with Gasteiger partial charge in [-0.2, -0.15) is 0 Å². The highest BCUT2D eigenvalue weighted by atomic mass is 35.5. The van der Waals surface area contributed by atoms with Gasteiger partial charge >= 0.3 is 5.97 Å². The van der Waals surface area contributed by atoms with Gasteiger partial charge in [0, 0.05) is 6.54 Å². The molecule has 1 heterocycles. The number of rotatable bonds is 7. The molecule has 1 atom stereocenters. The van der Waals surface area contributed by atoms with Gasteiger partial charge in [0.05, 0.1) is 15.6 Å². The van der Waals surface area contributed by atoms with Crippen LogP contribution in [0.5, 0.6) is 0 Å². The van der Waals surface area contributed by atoms with Gasteiger partial charge in [0.15, 0.2) is 6.10 Å². The molecule has 7 nitrogen and oxygen atoms in total. The Hall–Kier alpha value is -2.10. The molecule has 0 aliphatic heterocycles. The number of para-hydroxylation sites is 1. The molecule has 0 radical (unpaired) electrons. The van der Waals surface area contributed by atoms with Crippen molar-refractivity contribution in [3.05, 3.63) is 46.3 Å². The lowest BCUT2D eigenvalue weighted by Crippen LogP contribution is -2.35.